The molecule has 3 rings (SSSR count). The van der Waals surface area contributed by atoms with E-state index in [1.165, 1.54) is 5.56 Å². The molecule has 0 saturated carbocycles. The molecule has 0 spiro atoms. The first-order chi connectivity index (χ1) is 9.70. The molecule has 0 aliphatic carbocycles. The Morgan fingerprint density at radius 1 is 1.14 bits per heavy atom. The fourth-order valence-electron chi connectivity index (χ4n) is 2.99. The summed E-state index contributed by atoms with van der Waals surface area (Å²) in [4.78, 5) is 2.50. The van der Waals surface area contributed by atoms with Crippen molar-refractivity contribution in [1.29, 1.82) is 0 Å². The zero-order valence-electron chi connectivity index (χ0n) is 12.6. The van der Waals surface area contributed by atoms with Gasteiger partial charge in [0.05, 0.1) is 11.9 Å². The van der Waals surface area contributed by atoms with Gasteiger partial charge in [0, 0.05) is 43.5 Å². The normalized spacial score (nSPS) is 22.8. The number of rotatable bonds is 3. The van der Waals surface area contributed by atoms with Crippen molar-refractivity contribution in [3.05, 3.63) is 48.3 Å². The number of hydrogen-bond acceptors (Lipinski definition) is 3. The van der Waals surface area contributed by atoms with E-state index in [2.05, 4.69) is 47.5 Å². The van der Waals surface area contributed by atoms with E-state index >= 15 is 0 Å². The van der Waals surface area contributed by atoms with Crippen molar-refractivity contribution in [2.45, 2.75) is 32.5 Å². The van der Waals surface area contributed by atoms with Crippen molar-refractivity contribution in [3.8, 4) is 5.69 Å². The minimum atomic E-state index is 0. The first kappa shape index (κ1) is 16.0. The van der Waals surface area contributed by atoms with Gasteiger partial charge in [-0.3, -0.25) is 4.90 Å². The van der Waals surface area contributed by atoms with E-state index in [4.69, 9.17) is 0 Å². The van der Waals surface area contributed by atoms with Gasteiger partial charge in [-0.05, 0) is 26.0 Å². The quantitative estimate of drug-likeness (QED) is 0.946. The Morgan fingerprint density at radius 3 is 2.48 bits per heavy atom. The standard InChI is InChI=1S/C16H22N4.ClH/c1-13-9-19(10-14(2)18-13)11-15-8-17-20(12-15)16-6-4-3-5-7-16;/h3-8,12-14,18H,9-11H2,1-2H3;1H. The molecule has 1 aliphatic rings. The number of benzene rings is 1. The fraction of sp³-hybridized carbons (Fsp3) is 0.438. The first-order valence-electron chi connectivity index (χ1n) is 7.28. The summed E-state index contributed by atoms with van der Waals surface area (Å²) >= 11 is 0. The van der Waals surface area contributed by atoms with E-state index in [1.807, 2.05) is 29.1 Å². The van der Waals surface area contributed by atoms with E-state index in [9.17, 15) is 0 Å². The maximum atomic E-state index is 4.46. The van der Waals surface area contributed by atoms with Gasteiger partial charge in [0.2, 0.25) is 0 Å². The van der Waals surface area contributed by atoms with Gasteiger partial charge in [0.1, 0.15) is 0 Å². The molecule has 21 heavy (non-hydrogen) atoms. The molecule has 1 aliphatic heterocycles. The van der Waals surface area contributed by atoms with Crippen LogP contribution in [0.25, 0.3) is 5.69 Å². The molecular weight excluding hydrogens is 284 g/mol. The first-order valence-corrected chi connectivity index (χ1v) is 7.28. The molecule has 5 heteroatoms. The number of nitrogens with one attached hydrogen (secondary N) is 1. The molecule has 114 valence electrons. The summed E-state index contributed by atoms with van der Waals surface area (Å²) in [5.41, 5.74) is 2.39. The second-order valence-electron chi connectivity index (χ2n) is 5.79. The maximum absolute atomic E-state index is 4.46. The smallest absolute Gasteiger partial charge is 0.0645 e. The lowest BCUT2D eigenvalue weighted by atomic mass is 10.1. The molecule has 1 aromatic heterocycles. The fourth-order valence-corrected chi connectivity index (χ4v) is 2.99. The van der Waals surface area contributed by atoms with E-state index < -0.39 is 0 Å². The van der Waals surface area contributed by atoms with Gasteiger partial charge >= 0.3 is 0 Å². The summed E-state index contributed by atoms with van der Waals surface area (Å²) in [5, 5.41) is 8.03. The molecule has 0 bridgehead atoms. The third kappa shape index (κ3) is 4.06. The van der Waals surface area contributed by atoms with Gasteiger partial charge in [-0.2, -0.15) is 5.10 Å². The largest absolute Gasteiger partial charge is 0.309 e. The van der Waals surface area contributed by atoms with Crippen LogP contribution in [0.2, 0.25) is 0 Å². The molecule has 2 atom stereocenters. The second kappa shape index (κ2) is 7.07. The Labute approximate surface area is 132 Å². The van der Waals surface area contributed by atoms with E-state index in [0.717, 1.165) is 25.3 Å². The molecule has 1 N–H and O–H groups in total. The van der Waals surface area contributed by atoms with Crippen molar-refractivity contribution < 1.29 is 0 Å². The van der Waals surface area contributed by atoms with Crippen molar-refractivity contribution in [2.24, 2.45) is 0 Å². The van der Waals surface area contributed by atoms with Crippen LogP contribution in [0.1, 0.15) is 19.4 Å². The Hall–Kier alpha value is -1.36. The molecule has 2 aromatic rings. The minimum Gasteiger partial charge on any atom is -0.309 e. The molecular formula is C16H23ClN4. The molecule has 0 radical (unpaired) electrons. The Kier molecular flexibility index (Phi) is 5.39. The van der Waals surface area contributed by atoms with Gasteiger partial charge in [-0.25, -0.2) is 4.68 Å². The van der Waals surface area contributed by atoms with Gasteiger partial charge in [-0.1, -0.05) is 18.2 Å². The van der Waals surface area contributed by atoms with Crippen LogP contribution in [0.3, 0.4) is 0 Å². The van der Waals surface area contributed by atoms with Gasteiger partial charge in [0.15, 0.2) is 0 Å². The predicted octanol–water partition coefficient (Wildman–Crippen LogP) is 2.48. The number of aromatic nitrogens is 2. The van der Waals surface area contributed by atoms with Crippen LogP contribution in [0.15, 0.2) is 42.7 Å². The lowest BCUT2D eigenvalue weighted by Gasteiger charge is -2.35. The van der Waals surface area contributed by atoms with Crippen molar-refractivity contribution in [3.63, 3.8) is 0 Å². The number of para-hydroxylation sites is 1. The Balaban J connectivity index is 0.00000161. The summed E-state index contributed by atoms with van der Waals surface area (Å²) in [7, 11) is 0. The number of hydrogen-bond donors (Lipinski definition) is 1. The van der Waals surface area contributed by atoms with Crippen LogP contribution in [-0.4, -0.2) is 39.9 Å². The van der Waals surface area contributed by atoms with Crippen LogP contribution in [0, 0.1) is 0 Å². The zero-order chi connectivity index (χ0) is 13.9. The highest BCUT2D eigenvalue weighted by molar-refractivity contribution is 5.85. The van der Waals surface area contributed by atoms with Crippen molar-refractivity contribution >= 4 is 12.4 Å². The average Bonchev–Trinajstić information content (AvgIpc) is 2.87. The summed E-state index contributed by atoms with van der Waals surface area (Å²) in [5.74, 6) is 0. The highest BCUT2D eigenvalue weighted by Crippen LogP contribution is 2.12. The molecule has 1 aromatic carbocycles. The third-order valence-electron chi connectivity index (χ3n) is 3.70. The highest BCUT2D eigenvalue weighted by Gasteiger charge is 2.21. The summed E-state index contributed by atoms with van der Waals surface area (Å²) in [6.07, 6.45) is 4.11. The number of halogens is 1. The lowest BCUT2D eigenvalue weighted by Crippen LogP contribution is -2.53. The van der Waals surface area contributed by atoms with Gasteiger partial charge < -0.3 is 5.32 Å². The van der Waals surface area contributed by atoms with Crippen molar-refractivity contribution in [1.82, 2.24) is 20.0 Å². The molecule has 2 heterocycles. The Morgan fingerprint density at radius 2 is 1.81 bits per heavy atom. The number of nitrogens with zero attached hydrogens (tertiary/aromatic N) is 3. The van der Waals surface area contributed by atoms with Crippen LogP contribution < -0.4 is 5.32 Å². The molecule has 1 fully saturated rings. The van der Waals surface area contributed by atoms with E-state index in [-0.39, 0.29) is 12.4 Å². The molecule has 4 nitrogen and oxygen atoms in total. The monoisotopic (exact) mass is 306 g/mol. The topological polar surface area (TPSA) is 33.1 Å². The van der Waals surface area contributed by atoms with E-state index in [1.54, 1.807) is 0 Å². The highest BCUT2D eigenvalue weighted by atomic mass is 35.5. The van der Waals surface area contributed by atoms with Crippen LogP contribution in [0.5, 0.6) is 0 Å². The average molecular weight is 307 g/mol. The predicted molar refractivity (Wildman–Crippen MR) is 88.1 cm³/mol. The van der Waals surface area contributed by atoms with Crippen LogP contribution in [-0.2, 0) is 6.54 Å². The minimum absolute atomic E-state index is 0. The van der Waals surface area contributed by atoms with Crippen LogP contribution in [0.4, 0.5) is 0 Å². The number of piperazine rings is 1. The summed E-state index contributed by atoms with van der Waals surface area (Å²) in [6, 6.07) is 11.4. The summed E-state index contributed by atoms with van der Waals surface area (Å²) in [6.45, 7) is 7.66. The van der Waals surface area contributed by atoms with E-state index in [0.29, 0.717) is 12.1 Å². The third-order valence-corrected chi connectivity index (χ3v) is 3.70. The summed E-state index contributed by atoms with van der Waals surface area (Å²) < 4.78 is 1.95. The van der Waals surface area contributed by atoms with Crippen LogP contribution >= 0.6 is 12.4 Å². The SMILES string of the molecule is CC1CN(Cc2cnn(-c3ccccc3)c2)CC(C)N1.Cl. The zero-order valence-corrected chi connectivity index (χ0v) is 13.4. The van der Waals surface area contributed by atoms with Gasteiger partial charge in [0.25, 0.3) is 0 Å². The Bertz CT molecular complexity index is 544. The van der Waals surface area contributed by atoms with Gasteiger partial charge in [-0.15, -0.1) is 12.4 Å². The lowest BCUT2D eigenvalue weighted by molar-refractivity contribution is 0.166. The van der Waals surface area contributed by atoms with Crippen molar-refractivity contribution in [2.75, 3.05) is 13.1 Å². The maximum Gasteiger partial charge on any atom is 0.0645 e. The second-order valence-corrected chi connectivity index (χ2v) is 5.79. The molecule has 1 saturated heterocycles. The molecule has 0 amide bonds. The molecule has 2 unspecified atom stereocenters.